The van der Waals surface area contributed by atoms with Crippen LogP contribution in [0.2, 0.25) is 10.2 Å². The summed E-state index contributed by atoms with van der Waals surface area (Å²) in [5.74, 6) is -0.352. The first-order valence-electron chi connectivity index (χ1n) is 7.94. The molecule has 2 amide bonds. The van der Waals surface area contributed by atoms with Gasteiger partial charge in [-0.2, -0.15) is 0 Å². The monoisotopic (exact) mass is 377 g/mol. The Hall–Kier alpha value is -2.11. The largest absolute Gasteiger partial charge is 0.349 e. The van der Waals surface area contributed by atoms with Crippen molar-refractivity contribution in [1.82, 2.24) is 10.3 Å². The fourth-order valence-corrected chi connectivity index (χ4v) is 3.01. The summed E-state index contributed by atoms with van der Waals surface area (Å²) >= 11 is 12.2. The lowest BCUT2D eigenvalue weighted by molar-refractivity contribution is -0.115. The van der Waals surface area contributed by atoms with E-state index in [-0.39, 0.29) is 23.4 Å². The molecule has 3 rings (SSSR count). The third-order valence-electron chi connectivity index (χ3n) is 3.83. The van der Waals surface area contributed by atoms with Crippen molar-refractivity contribution < 1.29 is 9.59 Å². The summed E-state index contributed by atoms with van der Waals surface area (Å²) < 4.78 is 0. The van der Waals surface area contributed by atoms with Crippen molar-refractivity contribution >= 4 is 40.7 Å². The molecule has 1 aliphatic carbocycles. The van der Waals surface area contributed by atoms with Crippen molar-refractivity contribution in [3.05, 3.63) is 57.3 Å². The molecule has 5 nitrogen and oxygen atoms in total. The van der Waals surface area contributed by atoms with E-state index in [2.05, 4.69) is 15.6 Å². The Morgan fingerprint density at radius 2 is 1.88 bits per heavy atom. The highest BCUT2D eigenvalue weighted by atomic mass is 35.5. The van der Waals surface area contributed by atoms with Crippen LogP contribution < -0.4 is 10.6 Å². The Morgan fingerprint density at radius 1 is 1.20 bits per heavy atom. The second-order valence-corrected chi connectivity index (χ2v) is 6.83. The first kappa shape index (κ1) is 17.7. The van der Waals surface area contributed by atoms with Gasteiger partial charge in [-0.1, -0.05) is 23.2 Å². The van der Waals surface area contributed by atoms with Gasteiger partial charge in [-0.05, 0) is 50.1 Å². The lowest BCUT2D eigenvalue weighted by Crippen LogP contribution is -2.25. The van der Waals surface area contributed by atoms with E-state index >= 15 is 0 Å². The molecule has 130 valence electrons. The minimum atomic E-state index is -0.260. The third-order valence-corrected chi connectivity index (χ3v) is 4.48. The molecule has 0 unspecified atom stereocenters. The van der Waals surface area contributed by atoms with Crippen LogP contribution in [0.3, 0.4) is 0 Å². The van der Waals surface area contributed by atoms with Crippen molar-refractivity contribution in [1.29, 1.82) is 0 Å². The van der Waals surface area contributed by atoms with Crippen LogP contribution in [0.25, 0.3) is 0 Å². The molecule has 1 saturated carbocycles. The molecular weight excluding hydrogens is 361 g/mol. The zero-order valence-electron chi connectivity index (χ0n) is 13.6. The molecule has 0 aliphatic heterocycles. The molecule has 2 aromatic rings. The Balaban J connectivity index is 1.62. The number of benzene rings is 1. The van der Waals surface area contributed by atoms with Crippen LogP contribution in [0.4, 0.5) is 5.69 Å². The summed E-state index contributed by atoms with van der Waals surface area (Å²) in [5, 5.41) is 6.33. The van der Waals surface area contributed by atoms with Crippen LogP contribution in [0.1, 0.15) is 34.5 Å². The van der Waals surface area contributed by atoms with Gasteiger partial charge in [-0.25, -0.2) is 4.98 Å². The number of nitrogens with zero attached hydrogens (tertiary/aromatic N) is 1. The molecule has 0 saturated heterocycles. The predicted octanol–water partition coefficient (Wildman–Crippen LogP) is 3.77. The van der Waals surface area contributed by atoms with Gasteiger partial charge >= 0.3 is 0 Å². The minimum Gasteiger partial charge on any atom is -0.349 e. The quantitative estimate of drug-likeness (QED) is 0.778. The van der Waals surface area contributed by atoms with Crippen LogP contribution in [0.5, 0.6) is 0 Å². The molecule has 0 bridgehead atoms. The number of anilines is 1. The van der Waals surface area contributed by atoms with E-state index in [9.17, 15) is 9.59 Å². The number of hydrogen-bond acceptors (Lipinski definition) is 3. The molecule has 1 aromatic carbocycles. The van der Waals surface area contributed by atoms with Crippen molar-refractivity contribution in [2.45, 2.75) is 32.2 Å². The molecule has 7 heteroatoms. The van der Waals surface area contributed by atoms with Crippen LogP contribution in [0, 0.1) is 6.92 Å². The number of nitrogens with one attached hydrogen (secondary N) is 2. The lowest BCUT2D eigenvalue weighted by Gasteiger charge is -2.09. The van der Waals surface area contributed by atoms with Crippen molar-refractivity contribution in [2.24, 2.45) is 0 Å². The second kappa shape index (κ2) is 7.42. The van der Waals surface area contributed by atoms with E-state index in [1.54, 1.807) is 37.3 Å². The standard InChI is InChI=1S/C18H17Cl2N3O2/c1-10-8-15(19)14(17(20)21-10)9-16(24)22-12-4-2-11(3-5-12)18(25)23-13-6-7-13/h2-5,8,13H,6-7,9H2,1H3,(H,22,24)(H,23,25). The lowest BCUT2D eigenvalue weighted by atomic mass is 10.1. The Morgan fingerprint density at radius 3 is 2.48 bits per heavy atom. The molecule has 25 heavy (non-hydrogen) atoms. The molecule has 1 heterocycles. The Kier molecular flexibility index (Phi) is 5.25. The van der Waals surface area contributed by atoms with E-state index in [0.717, 1.165) is 12.8 Å². The van der Waals surface area contributed by atoms with Crippen molar-refractivity contribution in [3.8, 4) is 0 Å². The SMILES string of the molecule is Cc1cc(Cl)c(CC(=O)Nc2ccc(C(=O)NC3CC3)cc2)c(Cl)n1. The minimum absolute atomic E-state index is 0.0227. The smallest absolute Gasteiger partial charge is 0.251 e. The van der Waals surface area contributed by atoms with Crippen LogP contribution in [-0.4, -0.2) is 22.8 Å². The fourth-order valence-electron chi connectivity index (χ4n) is 2.35. The van der Waals surface area contributed by atoms with Crippen molar-refractivity contribution in [3.63, 3.8) is 0 Å². The number of halogens is 2. The predicted molar refractivity (Wildman–Crippen MR) is 98.3 cm³/mol. The van der Waals surface area contributed by atoms with Gasteiger partial charge in [0, 0.05) is 33.6 Å². The topological polar surface area (TPSA) is 71.1 Å². The van der Waals surface area contributed by atoms with E-state index in [1.165, 1.54) is 0 Å². The van der Waals surface area contributed by atoms with Crippen LogP contribution in [0.15, 0.2) is 30.3 Å². The van der Waals surface area contributed by atoms with E-state index < -0.39 is 0 Å². The fraction of sp³-hybridized carbons (Fsp3) is 0.278. The number of aryl methyl sites for hydroxylation is 1. The highest BCUT2D eigenvalue weighted by molar-refractivity contribution is 6.35. The van der Waals surface area contributed by atoms with E-state index in [4.69, 9.17) is 23.2 Å². The maximum absolute atomic E-state index is 12.2. The van der Waals surface area contributed by atoms with Gasteiger partial charge in [-0.3, -0.25) is 9.59 Å². The molecule has 1 aliphatic rings. The average Bonchev–Trinajstić information content (AvgIpc) is 3.35. The van der Waals surface area contributed by atoms with Gasteiger partial charge in [0.05, 0.1) is 6.42 Å². The molecule has 2 N–H and O–H groups in total. The average molecular weight is 378 g/mol. The van der Waals surface area contributed by atoms with Crippen LogP contribution in [-0.2, 0) is 11.2 Å². The van der Waals surface area contributed by atoms with Gasteiger partial charge in [-0.15, -0.1) is 0 Å². The molecule has 1 aromatic heterocycles. The number of carbonyl (C=O) groups is 2. The number of pyridine rings is 1. The summed E-state index contributed by atoms with van der Waals surface area (Å²) in [6.07, 6.45) is 2.10. The van der Waals surface area contributed by atoms with Gasteiger partial charge in [0.25, 0.3) is 5.91 Å². The molecule has 1 fully saturated rings. The molecular formula is C18H17Cl2N3O2. The first-order valence-corrected chi connectivity index (χ1v) is 8.70. The van der Waals surface area contributed by atoms with Gasteiger partial charge < -0.3 is 10.6 Å². The maximum Gasteiger partial charge on any atom is 0.251 e. The summed E-state index contributed by atoms with van der Waals surface area (Å²) in [6, 6.07) is 8.72. The summed E-state index contributed by atoms with van der Waals surface area (Å²) in [7, 11) is 0. The number of aromatic nitrogens is 1. The zero-order chi connectivity index (χ0) is 18.0. The molecule has 0 spiro atoms. The van der Waals surface area contributed by atoms with Crippen LogP contribution >= 0.6 is 23.2 Å². The summed E-state index contributed by atoms with van der Waals surface area (Å²) in [6.45, 7) is 1.78. The third kappa shape index (κ3) is 4.71. The molecule has 0 atom stereocenters. The van der Waals surface area contributed by atoms with Gasteiger partial charge in [0.15, 0.2) is 0 Å². The first-order chi connectivity index (χ1) is 11.9. The Bertz CT molecular complexity index is 795. The van der Waals surface area contributed by atoms with Crippen molar-refractivity contribution in [2.75, 3.05) is 5.32 Å². The normalized spacial score (nSPS) is 13.4. The van der Waals surface area contributed by atoms with E-state index in [0.29, 0.717) is 33.6 Å². The number of carbonyl (C=O) groups excluding carboxylic acids is 2. The zero-order valence-corrected chi connectivity index (χ0v) is 15.1. The van der Waals surface area contributed by atoms with E-state index in [1.807, 2.05) is 0 Å². The number of hydrogen-bond donors (Lipinski definition) is 2. The van der Waals surface area contributed by atoms with Gasteiger partial charge in [0.1, 0.15) is 5.15 Å². The highest BCUT2D eigenvalue weighted by Gasteiger charge is 2.23. The summed E-state index contributed by atoms with van der Waals surface area (Å²) in [4.78, 5) is 28.3. The number of rotatable bonds is 5. The Labute approximate surface area is 155 Å². The van der Waals surface area contributed by atoms with Gasteiger partial charge in [0.2, 0.25) is 5.91 Å². The highest BCUT2D eigenvalue weighted by Crippen LogP contribution is 2.25. The number of amides is 2. The maximum atomic E-state index is 12.2. The molecule has 0 radical (unpaired) electrons. The second-order valence-electron chi connectivity index (χ2n) is 6.06. The summed E-state index contributed by atoms with van der Waals surface area (Å²) in [5.41, 5.74) is 2.35.